The van der Waals surface area contributed by atoms with Crippen LogP contribution in [0, 0.1) is 134 Å². The van der Waals surface area contributed by atoms with Crippen molar-refractivity contribution in [2.24, 2.45) is 0 Å². The molecule has 0 radical (unpaired) electrons. The van der Waals surface area contributed by atoms with Crippen LogP contribution in [0.2, 0.25) is 0 Å². The van der Waals surface area contributed by atoms with E-state index >= 15 is 35.1 Å². The molecule has 0 spiro atoms. The Bertz CT molecular complexity index is 2680. The van der Waals surface area contributed by atoms with E-state index in [0.717, 1.165) is 55.8 Å². The molecule has 0 aromatic heterocycles. The summed E-state index contributed by atoms with van der Waals surface area (Å²) in [5.41, 5.74) is -14.3. The van der Waals surface area contributed by atoms with E-state index in [2.05, 4.69) is 13.8 Å². The maximum Gasteiger partial charge on any atom is 0.203 e. The summed E-state index contributed by atoms with van der Waals surface area (Å²) in [6.45, 7) is 5.99. The zero-order valence-corrected chi connectivity index (χ0v) is 51.0. The molecule has 1 nitrogen and oxygen atoms in total. The van der Waals surface area contributed by atoms with E-state index in [-0.39, 0.29) is 5.69 Å². The fourth-order valence-electron chi connectivity index (χ4n) is 11.9. The Kier molecular flexibility index (Phi) is 33.1. The summed E-state index contributed by atoms with van der Waals surface area (Å²) < 4.78 is 337. The highest BCUT2D eigenvalue weighted by atomic mass is 19.2. The normalized spacial score (nSPS) is 11.8. The third kappa shape index (κ3) is 19.8. The number of hydrogen-bond donors (Lipinski definition) is 1. The van der Waals surface area contributed by atoms with E-state index in [4.69, 9.17) is 0 Å². The lowest BCUT2D eigenvalue weighted by Crippen LogP contribution is -3.07. The van der Waals surface area contributed by atoms with Crippen LogP contribution in [0.15, 0.2) is 12.1 Å². The minimum Gasteiger partial charge on any atom is -0.297 e. The van der Waals surface area contributed by atoms with Crippen molar-refractivity contribution in [3.8, 4) is 0 Å². The molecule has 0 unspecified atom stereocenters. The average molecular weight is 1330 g/mol. The Morgan fingerprint density at radius 2 is 0.374 bits per heavy atom. The van der Waals surface area contributed by atoms with Crippen LogP contribution >= 0.6 is 0 Å². The van der Waals surface area contributed by atoms with Crippen LogP contribution in [-0.4, -0.2) is 19.2 Å². The van der Waals surface area contributed by atoms with Gasteiger partial charge in [-0.25, -0.2) is 101 Å². The largest absolute Gasteiger partial charge is 0.297 e. The quantitative estimate of drug-likeness (QED) is 0.0131. The molecule has 91 heavy (non-hydrogen) atoms. The van der Waals surface area contributed by atoms with E-state index in [1.54, 1.807) is 0 Å². The van der Waals surface area contributed by atoms with Crippen LogP contribution in [0.4, 0.5) is 107 Å². The number of quaternary nitrogens is 1. The zero-order valence-electron chi connectivity index (χ0n) is 51.0. The van der Waals surface area contributed by atoms with Gasteiger partial charge in [0.2, 0.25) is 5.69 Å². The number of halogens is 23. The first kappa shape index (κ1) is 78.0. The van der Waals surface area contributed by atoms with Crippen molar-refractivity contribution in [1.29, 1.82) is 0 Å². The van der Waals surface area contributed by atoms with Crippen molar-refractivity contribution in [3.05, 3.63) is 146 Å². The highest BCUT2D eigenvalue weighted by molar-refractivity contribution is 7.20. The van der Waals surface area contributed by atoms with Crippen molar-refractivity contribution < 1.29 is 106 Å². The second-order valence-electron chi connectivity index (χ2n) is 23.3. The van der Waals surface area contributed by atoms with E-state index < -0.39 is 162 Å². The van der Waals surface area contributed by atoms with E-state index in [0.29, 0.717) is 0 Å². The second-order valence-corrected chi connectivity index (χ2v) is 23.3. The summed E-state index contributed by atoms with van der Waals surface area (Å²) in [5.74, 6) is -73.7. The monoisotopic (exact) mass is 1330 g/mol. The highest BCUT2D eigenvalue weighted by Crippen LogP contribution is 2.31. The topological polar surface area (TPSA) is 4.44 Å². The first-order chi connectivity index (χ1) is 43.3. The van der Waals surface area contributed by atoms with Crippen LogP contribution in [0.1, 0.15) is 219 Å². The first-order valence-electron chi connectivity index (χ1n) is 31.5. The fourth-order valence-corrected chi connectivity index (χ4v) is 11.9. The molecule has 0 bridgehead atoms. The van der Waals surface area contributed by atoms with Crippen molar-refractivity contribution in [3.63, 3.8) is 0 Å². The number of unbranched alkanes of at least 4 members (excludes halogenated alkanes) is 30. The molecule has 510 valence electrons. The standard InChI is InChI=1S/C42H76F3N.C24BF20/c1-3-5-7-9-11-13-15-17-19-21-23-25-27-29-31-33-35-46(42-40(44)37-39(43)38-41(42)45)36-34-32-30-28-26-24-22-20-18-16-14-12-10-8-6-4-2;26-5-1(6(27)14(35)21(42)13(5)34)25(2-7(28)15(36)22(43)16(37)8(2)29,3-9(30)17(38)23(44)18(39)10(3)31)4-11(32)19(40)24(45)20(41)12(4)33/h37-38H,3-36H2,1-2H3;/q;-1/p+1. The molecule has 1 N–H and O–H groups in total. The molecule has 0 amide bonds. The molecule has 5 rings (SSSR count). The summed E-state index contributed by atoms with van der Waals surface area (Å²) in [7, 11) is 0. The van der Waals surface area contributed by atoms with Gasteiger partial charge < -0.3 is 0 Å². The lowest BCUT2D eigenvalue weighted by atomic mass is 9.12. The molecular weight excluding hydrogens is 1250 g/mol. The molecule has 0 aliphatic rings. The molecule has 0 saturated carbocycles. The minimum absolute atomic E-state index is 0.0447. The van der Waals surface area contributed by atoms with Crippen LogP contribution in [0.3, 0.4) is 0 Å². The van der Waals surface area contributed by atoms with Gasteiger partial charge in [0, 0.05) is 12.1 Å². The number of nitrogens with one attached hydrogen (secondary N) is 1. The van der Waals surface area contributed by atoms with Crippen molar-refractivity contribution in [1.82, 2.24) is 0 Å². The Hall–Kier alpha value is -5.49. The van der Waals surface area contributed by atoms with E-state index in [1.165, 1.54) is 180 Å². The average Bonchev–Trinajstić information content (AvgIpc) is 0.684. The van der Waals surface area contributed by atoms with Crippen LogP contribution in [-0.2, 0) is 0 Å². The molecule has 25 heteroatoms. The maximum absolute atomic E-state index is 15.4. The number of benzene rings is 5. The summed E-state index contributed by atoms with van der Waals surface area (Å²) in [6, 6.07) is 1.69. The molecule has 0 saturated heterocycles. The van der Waals surface area contributed by atoms with Crippen LogP contribution in [0.5, 0.6) is 0 Å². The van der Waals surface area contributed by atoms with Crippen molar-refractivity contribution >= 4 is 33.7 Å². The molecule has 0 aliphatic heterocycles. The van der Waals surface area contributed by atoms with Gasteiger partial charge in [-0.1, -0.05) is 194 Å². The second kappa shape index (κ2) is 38.6. The predicted molar refractivity (Wildman–Crippen MR) is 305 cm³/mol. The molecule has 5 aromatic rings. The zero-order chi connectivity index (χ0) is 67.7. The van der Waals surface area contributed by atoms with Gasteiger partial charge in [-0.3, -0.25) is 4.90 Å². The third-order valence-corrected chi connectivity index (χ3v) is 16.7. The van der Waals surface area contributed by atoms with Crippen LogP contribution < -0.4 is 26.8 Å². The summed E-state index contributed by atoms with van der Waals surface area (Å²) in [4.78, 5) is 0.853. The van der Waals surface area contributed by atoms with E-state index in [1.807, 2.05) is 0 Å². The van der Waals surface area contributed by atoms with Gasteiger partial charge in [-0.05, 0) is 25.7 Å². The smallest absolute Gasteiger partial charge is 0.203 e. The third-order valence-electron chi connectivity index (χ3n) is 16.7. The molecule has 0 fully saturated rings. The predicted octanol–water partition coefficient (Wildman–Crippen LogP) is 20.0. The Morgan fingerprint density at radius 3 is 0.549 bits per heavy atom. The van der Waals surface area contributed by atoms with Gasteiger partial charge >= 0.3 is 0 Å². The Balaban J connectivity index is 0.000000388. The molecular formula is C66H77BF23N. The molecule has 0 atom stereocenters. The minimum atomic E-state index is -7.22. The fraction of sp³-hybridized carbons (Fsp3) is 0.545. The van der Waals surface area contributed by atoms with Crippen LogP contribution in [0.25, 0.3) is 0 Å². The molecule has 0 heterocycles. The first-order valence-corrected chi connectivity index (χ1v) is 31.5. The molecule has 0 aliphatic carbocycles. The lowest BCUT2D eigenvalue weighted by molar-refractivity contribution is -0.835. The maximum atomic E-state index is 15.4. The van der Waals surface area contributed by atoms with Gasteiger partial charge in [0.1, 0.15) is 58.5 Å². The SMILES string of the molecule is CCCCCCCCCCCCCCCCCC[NH+](CCCCCCCCCCCCCCCCCC)c1c(F)cc(F)cc1F.Fc1c(F)c(F)c([B-](c2c(F)c(F)c(F)c(F)c2F)(c2c(F)c(F)c(F)c(F)c2F)c2c(F)c(F)c(F)c(F)c2F)c(F)c1F. The Labute approximate surface area is 516 Å². The highest BCUT2D eigenvalue weighted by Gasteiger charge is 2.52. The van der Waals surface area contributed by atoms with Gasteiger partial charge in [-0.2, -0.15) is 0 Å². The summed E-state index contributed by atoms with van der Waals surface area (Å²) in [6.07, 6.45) is 34.9. The van der Waals surface area contributed by atoms with Gasteiger partial charge in [-0.15, -0.1) is 21.9 Å². The van der Waals surface area contributed by atoms with Gasteiger partial charge in [0.15, 0.2) is 81.4 Å². The Morgan fingerprint density at radius 1 is 0.220 bits per heavy atom. The summed E-state index contributed by atoms with van der Waals surface area (Å²) in [5, 5.41) is 0. The van der Waals surface area contributed by atoms with Crippen molar-refractivity contribution in [2.45, 2.75) is 219 Å². The summed E-state index contributed by atoms with van der Waals surface area (Å²) >= 11 is 0. The molecule has 5 aromatic carbocycles. The van der Waals surface area contributed by atoms with E-state index in [9.17, 15) is 65.9 Å². The van der Waals surface area contributed by atoms with Gasteiger partial charge in [0.05, 0.1) is 13.1 Å². The van der Waals surface area contributed by atoms with Gasteiger partial charge in [0.25, 0.3) is 0 Å². The number of rotatable bonds is 39. The number of hydrogen-bond acceptors (Lipinski definition) is 0. The van der Waals surface area contributed by atoms with Crippen molar-refractivity contribution in [2.75, 3.05) is 13.1 Å². The lowest BCUT2D eigenvalue weighted by Gasteiger charge is -2.44.